The first-order chi connectivity index (χ1) is 23.6. The van der Waals surface area contributed by atoms with Crippen molar-refractivity contribution in [2.45, 2.75) is 87.3 Å². The van der Waals surface area contributed by atoms with Crippen molar-refractivity contribution >= 4 is 16.9 Å². The Balaban J connectivity index is 1.31. The zero-order valence-electron chi connectivity index (χ0n) is 27.6. The molecule has 6 bridgehead atoms. The summed E-state index contributed by atoms with van der Waals surface area (Å²) in [6.45, 7) is 1.38. The standard InChI is InChI=1S/C36H47NO12/c1-2-45-27(41)10-7-20-17-21-12-15-46-28(21)30(47-16-14-37-22-5-3-4-6-22)29(20)49-33-36(44)31-23-8-9-25(40)34(31,19-39)13-11-24(23)35(43,32(36)42)26(18-38)48-33/h8-9,11-13,15,17,22-26,31-33,37-40,42-44H,2-7,10,14,16,18-19H2,1H3. The summed E-state index contributed by atoms with van der Waals surface area (Å²) in [5.74, 6) is -2.74. The van der Waals surface area contributed by atoms with E-state index in [4.69, 9.17) is 23.4 Å². The number of fused-ring (bicyclic) bond motifs is 4. The number of aliphatic hydroxyl groups excluding tert-OH is 4. The highest BCUT2D eigenvalue weighted by molar-refractivity contribution is 5.87. The van der Waals surface area contributed by atoms with Crippen LogP contribution >= 0.6 is 0 Å². The van der Waals surface area contributed by atoms with Crippen molar-refractivity contribution in [3.63, 3.8) is 0 Å². The Morgan fingerprint density at radius 3 is 2.61 bits per heavy atom. The lowest BCUT2D eigenvalue weighted by atomic mass is 9.42. The van der Waals surface area contributed by atoms with Crippen LogP contribution in [0.1, 0.15) is 44.6 Å². The number of ether oxygens (including phenoxy) is 4. The Hall–Kier alpha value is -3.01. The van der Waals surface area contributed by atoms with Crippen molar-refractivity contribution in [3.05, 3.63) is 48.3 Å². The van der Waals surface area contributed by atoms with E-state index in [2.05, 4.69) is 5.32 Å². The fraction of sp³-hybridized carbons (Fsp3) is 0.639. The van der Waals surface area contributed by atoms with E-state index >= 15 is 0 Å². The second-order valence-electron chi connectivity index (χ2n) is 14.1. The van der Waals surface area contributed by atoms with Crippen molar-refractivity contribution in [3.8, 4) is 11.5 Å². The lowest BCUT2D eigenvalue weighted by Gasteiger charge is -2.69. The summed E-state index contributed by atoms with van der Waals surface area (Å²) >= 11 is 0. The van der Waals surface area contributed by atoms with Crippen LogP contribution in [0.15, 0.2) is 47.1 Å². The first-order valence-corrected chi connectivity index (χ1v) is 17.4. The van der Waals surface area contributed by atoms with Crippen LogP contribution in [0.4, 0.5) is 0 Å². The number of aryl methyl sites for hydroxylation is 1. The van der Waals surface area contributed by atoms with Gasteiger partial charge in [0.2, 0.25) is 12.0 Å². The molecule has 49 heavy (non-hydrogen) atoms. The maximum Gasteiger partial charge on any atom is 0.306 e. The van der Waals surface area contributed by atoms with Gasteiger partial charge in [-0.25, -0.2) is 0 Å². The van der Waals surface area contributed by atoms with Crippen LogP contribution in [-0.2, 0) is 20.7 Å². The maximum atomic E-state index is 12.8. The van der Waals surface area contributed by atoms with Crippen molar-refractivity contribution in [1.82, 2.24) is 5.32 Å². The average Bonchev–Trinajstić information content (AvgIpc) is 3.80. The van der Waals surface area contributed by atoms with E-state index in [1.807, 2.05) is 0 Å². The molecule has 0 spiro atoms. The molecular weight excluding hydrogens is 638 g/mol. The van der Waals surface area contributed by atoms with Gasteiger partial charge in [-0.3, -0.25) is 4.79 Å². The van der Waals surface area contributed by atoms with E-state index in [0.29, 0.717) is 29.1 Å². The van der Waals surface area contributed by atoms with Crippen LogP contribution in [0.25, 0.3) is 11.0 Å². The summed E-state index contributed by atoms with van der Waals surface area (Å²) in [5.41, 5.74) is -5.19. The Morgan fingerprint density at radius 2 is 1.88 bits per heavy atom. The molecule has 1 aliphatic heterocycles. The smallest absolute Gasteiger partial charge is 0.306 e. The van der Waals surface area contributed by atoms with Gasteiger partial charge in [0.05, 0.1) is 32.2 Å². The third-order valence-electron chi connectivity index (χ3n) is 11.6. The molecule has 5 aliphatic rings. The molecule has 13 heteroatoms. The maximum absolute atomic E-state index is 12.8. The van der Waals surface area contributed by atoms with Gasteiger partial charge in [0, 0.05) is 41.6 Å². The highest BCUT2D eigenvalue weighted by Gasteiger charge is 2.78. The van der Waals surface area contributed by atoms with E-state index in [-0.39, 0.29) is 37.6 Å². The number of aliphatic hydroxyl groups is 6. The molecule has 13 nitrogen and oxygen atoms in total. The van der Waals surface area contributed by atoms with E-state index in [1.54, 1.807) is 37.3 Å². The molecule has 7 rings (SSSR count). The van der Waals surface area contributed by atoms with E-state index in [1.165, 1.54) is 25.2 Å². The molecule has 2 heterocycles. The van der Waals surface area contributed by atoms with Crippen molar-refractivity contribution in [2.75, 3.05) is 33.0 Å². The summed E-state index contributed by atoms with van der Waals surface area (Å²) in [7, 11) is 0. The fourth-order valence-corrected chi connectivity index (χ4v) is 9.21. The summed E-state index contributed by atoms with van der Waals surface area (Å²) in [5, 5.41) is 73.6. The normalized spacial score (nSPS) is 37.8. The van der Waals surface area contributed by atoms with Gasteiger partial charge in [0.1, 0.15) is 24.4 Å². The van der Waals surface area contributed by atoms with Crippen LogP contribution in [0, 0.1) is 23.2 Å². The molecule has 1 saturated heterocycles. The average molecular weight is 686 g/mol. The van der Waals surface area contributed by atoms with Crippen LogP contribution in [0.2, 0.25) is 0 Å². The van der Waals surface area contributed by atoms with Crippen LogP contribution in [0.5, 0.6) is 11.5 Å². The summed E-state index contributed by atoms with van der Waals surface area (Å²) in [6, 6.07) is 3.93. The van der Waals surface area contributed by atoms with Gasteiger partial charge in [-0.2, -0.15) is 0 Å². The Morgan fingerprint density at radius 1 is 1.08 bits per heavy atom. The van der Waals surface area contributed by atoms with E-state index < -0.39 is 78.2 Å². The minimum Gasteiger partial charge on any atom is -0.485 e. The van der Waals surface area contributed by atoms with Crippen LogP contribution in [-0.4, -0.2) is 111 Å². The van der Waals surface area contributed by atoms with Crippen LogP contribution in [0.3, 0.4) is 0 Å². The Bertz CT molecular complexity index is 1580. The topological polar surface area (TPSA) is 201 Å². The second kappa shape index (κ2) is 13.3. The largest absolute Gasteiger partial charge is 0.485 e. The zero-order valence-corrected chi connectivity index (χ0v) is 27.6. The monoisotopic (exact) mass is 685 g/mol. The first-order valence-electron chi connectivity index (χ1n) is 17.4. The third kappa shape index (κ3) is 5.32. The van der Waals surface area contributed by atoms with E-state index in [0.717, 1.165) is 12.8 Å². The summed E-state index contributed by atoms with van der Waals surface area (Å²) < 4.78 is 30.2. The van der Waals surface area contributed by atoms with Gasteiger partial charge >= 0.3 is 5.97 Å². The number of benzene rings is 1. The number of furan rings is 1. The lowest BCUT2D eigenvalue weighted by molar-refractivity contribution is -0.408. The lowest BCUT2D eigenvalue weighted by Crippen LogP contribution is -2.85. The summed E-state index contributed by atoms with van der Waals surface area (Å²) in [6.07, 6.45) is 6.23. The minimum absolute atomic E-state index is 0.00451. The van der Waals surface area contributed by atoms with Gasteiger partial charge in [0.15, 0.2) is 16.9 Å². The number of nitrogens with one attached hydrogen (secondary N) is 1. The van der Waals surface area contributed by atoms with Gasteiger partial charge in [-0.15, -0.1) is 0 Å². The molecule has 4 aliphatic carbocycles. The SMILES string of the molecule is CCOC(=O)CCc1cc2ccoc2c(OCCNC2CCCC2)c1OC1OC(CO)C2(O)C3C=CC4(CO)C(O)C=CC3C4C1(O)C2O. The highest BCUT2D eigenvalue weighted by Crippen LogP contribution is 2.64. The van der Waals surface area contributed by atoms with Gasteiger partial charge in [0.25, 0.3) is 0 Å². The second-order valence-corrected chi connectivity index (χ2v) is 14.1. The van der Waals surface area contributed by atoms with Gasteiger partial charge in [-0.1, -0.05) is 37.1 Å². The van der Waals surface area contributed by atoms with E-state index in [9.17, 15) is 35.4 Å². The van der Waals surface area contributed by atoms with Crippen molar-refractivity contribution < 1.29 is 58.8 Å². The molecule has 2 aromatic rings. The molecule has 7 N–H and O–H groups in total. The molecule has 268 valence electrons. The molecule has 10 unspecified atom stereocenters. The number of rotatable bonds is 13. The number of hydrogen-bond acceptors (Lipinski definition) is 13. The van der Waals surface area contributed by atoms with Crippen molar-refractivity contribution in [1.29, 1.82) is 0 Å². The first kappa shape index (κ1) is 34.4. The number of carbonyl (C=O) groups is 1. The number of allylic oxidation sites excluding steroid dienone is 1. The molecule has 1 aromatic heterocycles. The molecule has 10 atom stereocenters. The quantitative estimate of drug-likeness (QED) is 0.0899. The molecule has 2 saturated carbocycles. The van der Waals surface area contributed by atoms with Crippen LogP contribution < -0.4 is 14.8 Å². The fourth-order valence-electron chi connectivity index (χ4n) is 9.21. The number of carbonyl (C=O) groups excluding carboxylic acids is 1. The predicted octanol–water partition coefficient (Wildman–Crippen LogP) is 1.10. The Labute approximate surface area is 284 Å². The van der Waals surface area contributed by atoms with Gasteiger partial charge in [-0.05, 0) is 49.8 Å². The third-order valence-corrected chi connectivity index (χ3v) is 11.6. The predicted molar refractivity (Wildman–Crippen MR) is 173 cm³/mol. The molecule has 0 amide bonds. The molecule has 0 radical (unpaired) electrons. The number of esters is 1. The molecule has 3 fully saturated rings. The number of hydrogen-bond donors (Lipinski definition) is 7. The zero-order chi connectivity index (χ0) is 34.6. The van der Waals surface area contributed by atoms with Gasteiger partial charge < -0.3 is 59.3 Å². The highest BCUT2D eigenvalue weighted by atomic mass is 16.7. The molecule has 1 aromatic carbocycles. The Kier molecular flexibility index (Phi) is 9.33. The molecular formula is C36H47NO12. The minimum atomic E-state index is -2.43. The summed E-state index contributed by atoms with van der Waals surface area (Å²) in [4.78, 5) is 12.5. The van der Waals surface area contributed by atoms with Crippen molar-refractivity contribution in [2.24, 2.45) is 23.2 Å².